The minimum absolute atomic E-state index is 0.0473. The molecule has 0 radical (unpaired) electrons. The maximum absolute atomic E-state index is 13.9. The van der Waals surface area contributed by atoms with Crippen molar-refractivity contribution >= 4 is 40.3 Å². The fourth-order valence-corrected chi connectivity index (χ4v) is 6.16. The monoisotopic (exact) mass is 623 g/mol. The summed E-state index contributed by atoms with van der Waals surface area (Å²) in [6.07, 6.45) is 5.07. The van der Waals surface area contributed by atoms with E-state index >= 15 is 0 Å². The zero-order valence-electron chi connectivity index (χ0n) is 25.0. The number of amides is 2. The number of aromatic nitrogens is 1. The Morgan fingerprint density at radius 1 is 1.16 bits per heavy atom. The zero-order chi connectivity index (χ0) is 30.9. The van der Waals surface area contributed by atoms with Crippen molar-refractivity contribution in [2.45, 2.75) is 76.2 Å². The van der Waals surface area contributed by atoms with Crippen LogP contribution in [0, 0.1) is 5.92 Å². The van der Waals surface area contributed by atoms with Crippen LogP contribution in [0.15, 0.2) is 52.9 Å². The SMILES string of the molecule is NCCCC[C@H](NC(=O)[C@@H]1C[C@@H](OCc2ccc(Cl)cc2)CN1C(=O)CCC1CCCNC1)C(=O)c1nc2ccccc2o1. The lowest BCUT2D eigenvalue weighted by Gasteiger charge is -2.27. The van der Waals surface area contributed by atoms with Crippen LogP contribution in [-0.4, -0.2) is 71.8 Å². The van der Waals surface area contributed by atoms with E-state index in [9.17, 15) is 14.4 Å². The number of carbonyl (C=O) groups is 3. The number of ether oxygens (including phenoxy) is 1. The predicted octanol–water partition coefficient (Wildman–Crippen LogP) is 4.24. The lowest BCUT2D eigenvalue weighted by molar-refractivity contribution is -0.139. The van der Waals surface area contributed by atoms with Crippen molar-refractivity contribution < 1.29 is 23.5 Å². The van der Waals surface area contributed by atoms with Crippen molar-refractivity contribution in [1.29, 1.82) is 0 Å². The molecular weight excluding hydrogens is 582 g/mol. The summed E-state index contributed by atoms with van der Waals surface area (Å²) in [5.74, 6) is -0.451. The molecule has 2 fully saturated rings. The molecule has 4 atom stereocenters. The van der Waals surface area contributed by atoms with Crippen LogP contribution < -0.4 is 16.4 Å². The Labute approximate surface area is 263 Å². The molecule has 4 N–H and O–H groups in total. The van der Waals surface area contributed by atoms with Crippen molar-refractivity contribution in [3.05, 3.63) is 65.0 Å². The summed E-state index contributed by atoms with van der Waals surface area (Å²) in [6.45, 7) is 3.05. The summed E-state index contributed by atoms with van der Waals surface area (Å²) >= 11 is 6.02. The summed E-state index contributed by atoms with van der Waals surface area (Å²) in [5, 5.41) is 6.99. The number of unbranched alkanes of at least 4 members (excludes halogenated alkanes) is 1. The van der Waals surface area contributed by atoms with Crippen LogP contribution in [-0.2, 0) is 20.9 Å². The van der Waals surface area contributed by atoms with Crippen molar-refractivity contribution in [1.82, 2.24) is 20.5 Å². The molecule has 2 amide bonds. The van der Waals surface area contributed by atoms with Crippen LogP contribution >= 0.6 is 11.6 Å². The fraction of sp³-hybridized carbons (Fsp3) is 0.515. The highest BCUT2D eigenvalue weighted by molar-refractivity contribution is 6.30. The molecule has 0 aliphatic carbocycles. The molecule has 1 aromatic heterocycles. The van der Waals surface area contributed by atoms with E-state index in [0.29, 0.717) is 73.8 Å². The number of likely N-dealkylation sites (tertiary alicyclic amines) is 1. The van der Waals surface area contributed by atoms with Gasteiger partial charge in [0, 0.05) is 24.4 Å². The number of Topliss-reactive ketones (excluding diaryl/α,β-unsaturated/α-hetero) is 1. The van der Waals surface area contributed by atoms with Gasteiger partial charge in [-0.1, -0.05) is 35.9 Å². The number of oxazole rings is 1. The molecule has 5 rings (SSSR count). The molecule has 2 aliphatic heterocycles. The molecule has 2 saturated heterocycles. The van der Waals surface area contributed by atoms with E-state index in [4.69, 9.17) is 26.5 Å². The highest BCUT2D eigenvalue weighted by Gasteiger charge is 2.41. The van der Waals surface area contributed by atoms with Crippen LogP contribution in [0.5, 0.6) is 0 Å². The summed E-state index contributed by atoms with van der Waals surface area (Å²) in [4.78, 5) is 47.0. The number of rotatable bonds is 14. The molecule has 1 unspecified atom stereocenters. The number of para-hydroxylation sites is 2. The lowest BCUT2D eigenvalue weighted by atomic mass is 9.94. The third-order valence-electron chi connectivity index (χ3n) is 8.53. The molecule has 236 valence electrons. The van der Waals surface area contributed by atoms with Crippen LogP contribution in [0.2, 0.25) is 5.02 Å². The van der Waals surface area contributed by atoms with Gasteiger partial charge in [-0.15, -0.1) is 0 Å². The zero-order valence-corrected chi connectivity index (χ0v) is 25.8. The van der Waals surface area contributed by atoms with Gasteiger partial charge < -0.3 is 30.4 Å². The Hall–Kier alpha value is -3.31. The molecule has 3 aromatic rings. The van der Waals surface area contributed by atoms with E-state index < -0.39 is 17.9 Å². The van der Waals surface area contributed by atoms with Crippen LogP contribution in [0.1, 0.15) is 67.6 Å². The number of piperidine rings is 1. The van der Waals surface area contributed by atoms with Crippen LogP contribution in [0.4, 0.5) is 0 Å². The first kappa shape index (κ1) is 32.1. The number of nitrogens with one attached hydrogen (secondary N) is 2. The minimum atomic E-state index is -0.860. The first-order valence-corrected chi connectivity index (χ1v) is 16.1. The first-order chi connectivity index (χ1) is 21.4. The summed E-state index contributed by atoms with van der Waals surface area (Å²) in [5.41, 5.74) is 7.74. The molecule has 10 nitrogen and oxygen atoms in total. The Balaban J connectivity index is 1.29. The molecule has 2 aromatic carbocycles. The molecular formula is C33H42ClN5O5. The summed E-state index contributed by atoms with van der Waals surface area (Å²) in [7, 11) is 0. The topological polar surface area (TPSA) is 140 Å². The Kier molecular flexibility index (Phi) is 11.4. The smallest absolute Gasteiger partial charge is 0.266 e. The number of hydrogen-bond donors (Lipinski definition) is 3. The van der Waals surface area contributed by atoms with Crippen molar-refractivity contribution in [3.63, 3.8) is 0 Å². The van der Waals surface area contributed by atoms with Gasteiger partial charge in [-0.2, -0.15) is 0 Å². The quantitative estimate of drug-likeness (QED) is 0.179. The van der Waals surface area contributed by atoms with Crippen molar-refractivity contribution in [2.24, 2.45) is 11.7 Å². The van der Waals surface area contributed by atoms with Gasteiger partial charge in [0.25, 0.3) is 5.89 Å². The molecule has 2 aliphatic rings. The summed E-state index contributed by atoms with van der Waals surface area (Å²) < 4.78 is 11.9. The van der Waals surface area contributed by atoms with Gasteiger partial charge in [0.05, 0.1) is 18.8 Å². The average molecular weight is 624 g/mol. The number of fused-ring (bicyclic) bond motifs is 1. The number of hydrogen-bond acceptors (Lipinski definition) is 8. The standard InChI is InChI=1S/C33H42ClN5O5/c34-24-13-10-23(11-14-24)21-43-25-18-28(39(20-25)30(40)15-12-22-6-5-17-36-19-22)32(42)37-27(8-3-4-16-35)31(41)33-38-26-7-1-2-9-29(26)44-33/h1-2,7,9-11,13-14,22,25,27-28,36H,3-6,8,12,15-21,35H2,(H,37,42)/t22?,25-,27+,28+/m1/s1. The molecule has 0 spiro atoms. The van der Waals surface area contributed by atoms with E-state index in [1.54, 1.807) is 29.2 Å². The second-order valence-electron chi connectivity index (χ2n) is 11.8. The fourth-order valence-electron chi connectivity index (χ4n) is 6.03. The van der Waals surface area contributed by atoms with Crippen molar-refractivity contribution in [3.8, 4) is 0 Å². The maximum atomic E-state index is 13.9. The molecule has 3 heterocycles. The third kappa shape index (κ3) is 8.44. The Morgan fingerprint density at radius 3 is 2.73 bits per heavy atom. The molecule has 44 heavy (non-hydrogen) atoms. The van der Waals surface area contributed by atoms with Gasteiger partial charge in [0.15, 0.2) is 5.58 Å². The number of nitrogens with two attached hydrogens (primary N) is 1. The lowest BCUT2D eigenvalue weighted by Crippen LogP contribution is -2.51. The van der Waals surface area contributed by atoms with Crippen LogP contribution in [0.3, 0.4) is 0 Å². The Morgan fingerprint density at radius 2 is 1.98 bits per heavy atom. The van der Waals surface area contributed by atoms with Crippen molar-refractivity contribution in [2.75, 3.05) is 26.2 Å². The largest absolute Gasteiger partial charge is 0.434 e. The first-order valence-electron chi connectivity index (χ1n) is 15.7. The number of carbonyl (C=O) groups excluding carboxylic acids is 3. The van der Waals surface area contributed by atoms with Gasteiger partial charge in [-0.3, -0.25) is 14.4 Å². The summed E-state index contributed by atoms with van der Waals surface area (Å²) in [6, 6.07) is 12.9. The van der Waals surface area contributed by atoms with Gasteiger partial charge in [-0.05, 0) is 93.9 Å². The third-order valence-corrected chi connectivity index (χ3v) is 8.79. The number of halogens is 1. The van der Waals surface area contributed by atoms with E-state index in [1.165, 1.54) is 0 Å². The van der Waals surface area contributed by atoms with Gasteiger partial charge in [-0.25, -0.2) is 4.98 Å². The normalized spacial score (nSPS) is 21.0. The van der Waals surface area contributed by atoms with E-state index in [0.717, 1.165) is 37.9 Å². The second-order valence-corrected chi connectivity index (χ2v) is 12.2. The molecule has 11 heteroatoms. The van der Waals surface area contributed by atoms with E-state index in [-0.39, 0.29) is 23.8 Å². The predicted molar refractivity (Wildman–Crippen MR) is 168 cm³/mol. The highest BCUT2D eigenvalue weighted by atomic mass is 35.5. The van der Waals surface area contributed by atoms with Gasteiger partial charge >= 0.3 is 0 Å². The van der Waals surface area contributed by atoms with E-state index in [1.807, 2.05) is 24.3 Å². The molecule has 0 bridgehead atoms. The van der Waals surface area contributed by atoms with Gasteiger partial charge in [0.1, 0.15) is 11.6 Å². The number of benzene rings is 2. The number of ketones is 1. The van der Waals surface area contributed by atoms with Gasteiger partial charge in [0.2, 0.25) is 17.6 Å². The average Bonchev–Trinajstić information content (AvgIpc) is 3.68. The van der Waals surface area contributed by atoms with E-state index in [2.05, 4.69) is 15.6 Å². The minimum Gasteiger partial charge on any atom is -0.434 e. The molecule has 0 saturated carbocycles. The highest BCUT2D eigenvalue weighted by Crippen LogP contribution is 2.26. The Bertz CT molecular complexity index is 1370. The second kappa shape index (κ2) is 15.6. The maximum Gasteiger partial charge on any atom is 0.266 e. The number of nitrogens with zero attached hydrogens (tertiary/aromatic N) is 2. The van der Waals surface area contributed by atoms with Crippen LogP contribution in [0.25, 0.3) is 11.1 Å².